The number of hydrogen-bond acceptors (Lipinski definition) is 4. The highest BCUT2D eigenvalue weighted by Crippen LogP contribution is 2.25. The van der Waals surface area contributed by atoms with Gasteiger partial charge in [0.25, 0.3) is 5.91 Å². The second-order valence-corrected chi connectivity index (χ2v) is 5.30. The Morgan fingerprint density at radius 2 is 1.90 bits per heavy atom. The van der Waals surface area contributed by atoms with Crippen LogP contribution in [0.1, 0.15) is 5.56 Å². The number of nitrogens with two attached hydrogens (primary N) is 1. The molecule has 0 heterocycles. The van der Waals surface area contributed by atoms with Crippen LogP contribution in [0, 0.1) is 0 Å². The fourth-order valence-electron chi connectivity index (χ4n) is 1.85. The standard InChI is InChI=1S/C16H18N2O2S/c1-21-15-5-3-2-4-14(15)18-10-12-6-8-13(9-7-12)20-11-16(17)19/h2-9,18H,10-11H2,1H3,(H2,17,19). The minimum atomic E-state index is -0.477. The predicted molar refractivity (Wildman–Crippen MR) is 86.7 cm³/mol. The number of primary amides is 1. The zero-order valence-electron chi connectivity index (χ0n) is 11.8. The summed E-state index contributed by atoms with van der Waals surface area (Å²) in [6.07, 6.45) is 2.06. The first-order valence-electron chi connectivity index (χ1n) is 6.56. The van der Waals surface area contributed by atoms with Gasteiger partial charge in [-0.3, -0.25) is 4.79 Å². The molecule has 0 atom stereocenters. The maximum Gasteiger partial charge on any atom is 0.255 e. The lowest BCUT2D eigenvalue weighted by molar-refractivity contribution is -0.119. The average Bonchev–Trinajstić information content (AvgIpc) is 2.52. The van der Waals surface area contributed by atoms with Crippen LogP contribution >= 0.6 is 11.8 Å². The third-order valence-electron chi connectivity index (χ3n) is 2.89. The summed E-state index contributed by atoms with van der Waals surface area (Å²) in [6.45, 7) is 0.631. The molecule has 110 valence electrons. The molecule has 2 aromatic carbocycles. The van der Waals surface area contributed by atoms with Crippen LogP contribution in [0.3, 0.4) is 0 Å². The molecule has 0 saturated carbocycles. The molecule has 0 aliphatic rings. The van der Waals surface area contributed by atoms with Crippen molar-refractivity contribution in [3.63, 3.8) is 0 Å². The van der Waals surface area contributed by atoms with Crippen LogP contribution in [-0.2, 0) is 11.3 Å². The minimum Gasteiger partial charge on any atom is -0.484 e. The van der Waals surface area contributed by atoms with Crippen molar-refractivity contribution in [2.24, 2.45) is 5.73 Å². The van der Waals surface area contributed by atoms with Gasteiger partial charge < -0.3 is 15.8 Å². The number of nitrogens with one attached hydrogen (secondary N) is 1. The number of carbonyl (C=O) groups is 1. The van der Waals surface area contributed by atoms with E-state index in [0.717, 1.165) is 17.8 Å². The highest BCUT2D eigenvalue weighted by molar-refractivity contribution is 7.98. The Kier molecular flexibility index (Phi) is 5.51. The summed E-state index contributed by atoms with van der Waals surface area (Å²) < 4.78 is 5.22. The average molecular weight is 302 g/mol. The largest absolute Gasteiger partial charge is 0.484 e. The fourth-order valence-corrected chi connectivity index (χ4v) is 2.42. The lowest BCUT2D eigenvalue weighted by Crippen LogP contribution is -2.19. The van der Waals surface area contributed by atoms with Crippen molar-refractivity contribution in [1.82, 2.24) is 0 Å². The second kappa shape index (κ2) is 7.59. The van der Waals surface area contributed by atoms with Gasteiger partial charge in [-0.15, -0.1) is 11.8 Å². The molecule has 0 spiro atoms. The number of thioether (sulfide) groups is 1. The highest BCUT2D eigenvalue weighted by atomic mass is 32.2. The van der Waals surface area contributed by atoms with E-state index in [9.17, 15) is 4.79 Å². The van der Waals surface area contributed by atoms with E-state index < -0.39 is 5.91 Å². The second-order valence-electron chi connectivity index (χ2n) is 4.45. The third kappa shape index (κ3) is 4.72. The Labute approximate surface area is 128 Å². The van der Waals surface area contributed by atoms with Crippen LogP contribution in [0.5, 0.6) is 5.75 Å². The molecule has 4 nitrogen and oxygen atoms in total. The van der Waals surface area contributed by atoms with Crippen molar-refractivity contribution in [2.45, 2.75) is 11.4 Å². The van der Waals surface area contributed by atoms with E-state index in [1.54, 1.807) is 11.8 Å². The van der Waals surface area contributed by atoms with Crippen LogP contribution in [0.25, 0.3) is 0 Å². The molecule has 2 aromatic rings. The first-order valence-corrected chi connectivity index (χ1v) is 7.78. The van der Waals surface area contributed by atoms with Gasteiger partial charge in [0.15, 0.2) is 6.61 Å². The van der Waals surface area contributed by atoms with Gasteiger partial charge in [-0.05, 0) is 36.1 Å². The highest BCUT2D eigenvalue weighted by Gasteiger charge is 2.01. The number of para-hydroxylation sites is 1. The first-order chi connectivity index (χ1) is 10.2. The normalized spacial score (nSPS) is 10.1. The molecule has 0 fully saturated rings. The summed E-state index contributed by atoms with van der Waals surface area (Å²) in [5, 5.41) is 3.41. The van der Waals surface area contributed by atoms with E-state index in [0.29, 0.717) is 5.75 Å². The summed E-state index contributed by atoms with van der Waals surface area (Å²) in [5.41, 5.74) is 7.29. The third-order valence-corrected chi connectivity index (χ3v) is 3.69. The van der Waals surface area contributed by atoms with Crippen molar-refractivity contribution in [1.29, 1.82) is 0 Å². The molecule has 0 unspecified atom stereocenters. The Bertz CT molecular complexity index is 599. The summed E-state index contributed by atoms with van der Waals surface area (Å²) >= 11 is 1.72. The van der Waals surface area contributed by atoms with Gasteiger partial charge in [0, 0.05) is 17.1 Å². The molecule has 0 aromatic heterocycles. The van der Waals surface area contributed by atoms with Crippen LogP contribution in [-0.4, -0.2) is 18.8 Å². The van der Waals surface area contributed by atoms with Gasteiger partial charge in [-0.2, -0.15) is 0 Å². The molecule has 0 aliphatic heterocycles. The van der Waals surface area contributed by atoms with Crippen molar-refractivity contribution in [2.75, 3.05) is 18.2 Å². The van der Waals surface area contributed by atoms with E-state index in [4.69, 9.17) is 10.5 Å². The van der Waals surface area contributed by atoms with Gasteiger partial charge in [-0.25, -0.2) is 0 Å². The maximum atomic E-state index is 10.6. The molecular weight excluding hydrogens is 284 g/mol. The first kappa shape index (κ1) is 15.3. The summed E-state index contributed by atoms with van der Waals surface area (Å²) in [5.74, 6) is 0.163. The SMILES string of the molecule is CSc1ccccc1NCc1ccc(OCC(N)=O)cc1. The van der Waals surface area contributed by atoms with Crippen molar-refractivity contribution < 1.29 is 9.53 Å². The van der Waals surface area contributed by atoms with Gasteiger partial charge >= 0.3 is 0 Å². The number of ether oxygens (including phenoxy) is 1. The molecule has 0 aliphatic carbocycles. The Balaban J connectivity index is 1.93. The molecule has 3 N–H and O–H groups in total. The quantitative estimate of drug-likeness (QED) is 0.772. The zero-order chi connectivity index (χ0) is 15.1. The minimum absolute atomic E-state index is 0.0985. The summed E-state index contributed by atoms with van der Waals surface area (Å²) in [6, 6.07) is 15.8. The van der Waals surface area contributed by atoms with Gasteiger partial charge in [0.1, 0.15) is 5.75 Å². The Hall–Kier alpha value is -2.14. The van der Waals surface area contributed by atoms with Crippen molar-refractivity contribution in [3.8, 4) is 5.75 Å². The van der Waals surface area contributed by atoms with E-state index >= 15 is 0 Å². The Morgan fingerprint density at radius 1 is 1.19 bits per heavy atom. The van der Waals surface area contributed by atoms with Crippen LogP contribution < -0.4 is 15.8 Å². The van der Waals surface area contributed by atoms with Gasteiger partial charge in [0.05, 0.1) is 0 Å². The Morgan fingerprint density at radius 3 is 2.57 bits per heavy atom. The molecule has 5 heteroatoms. The zero-order valence-corrected chi connectivity index (χ0v) is 12.7. The van der Waals surface area contributed by atoms with E-state index in [-0.39, 0.29) is 6.61 Å². The van der Waals surface area contributed by atoms with Gasteiger partial charge in [-0.1, -0.05) is 24.3 Å². The van der Waals surface area contributed by atoms with E-state index in [1.165, 1.54) is 4.90 Å². The number of amides is 1. The molecule has 1 amide bonds. The van der Waals surface area contributed by atoms with Crippen LogP contribution in [0.2, 0.25) is 0 Å². The molecule has 0 radical (unpaired) electrons. The smallest absolute Gasteiger partial charge is 0.255 e. The van der Waals surface area contributed by atoms with Crippen LogP contribution in [0.15, 0.2) is 53.4 Å². The summed E-state index contributed by atoms with van der Waals surface area (Å²) in [7, 11) is 0. The molecule has 0 saturated heterocycles. The number of hydrogen-bond donors (Lipinski definition) is 2. The topological polar surface area (TPSA) is 64.3 Å². The molecular formula is C16H18N2O2S. The maximum absolute atomic E-state index is 10.6. The number of anilines is 1. The van der Waals surface area contributed by atoms with E-state index in [1.807, 2.05) is 36.4 Å². The molecule has 2 rings (SSSR count). The predicted octanol–water partition coefficient (Wildman–Crippen LogP) is 2.88. The molecule has 0 bridgehead atoms. The lowest BCUT2D eigenvalue weighted by Gasteiger charge is -2.11. The van der Waals surface area contributed by atoms with Crippen molar-refractivity contribution >= 4 is 23.4 Å². The molecule has 21 heavy (non-hydrogen) atoms. The fraction of sp³-hybridized carbons (Fsp3) is 0.188. The van der Waals surface area contributed by atoms with E-state index in [2.05, 4.69) is 23.7 Å². The lowest BCUT2D eigenvalue weighted by atomic mass is 10.2. The van der Waals surface area contributed by atoms with Gasteiger partial charge in [0.2, 0.25) is 0 Å². The van der Waals surface area contributed by atoms with Crippen LogP contribution in [0.4, 0.5) is 5.69 Å². The number of carbonyl (C=O) groups excluding carboxylic acids is 1. The number of benzene rings is 2. The number of rotatable bonds is 7. The summed E-state index contributed by atoms with van der Waals surface area (Å²) in [4.78, 5) is 11.9. The van der Waals surface area contributed by atoms with Crippen molar-refractivity contribution in [3.05, 3.63) is 54.1 Å². The monoisotopic (exact) mass is 302 g/mol.